The first-order valence-electron chi connectivity index (χ1n) is 8.14. The summed E-state index contributed by atoms with van der Waals surface area (Å²) in [5.41, 5.74) is 2.35. The number of nitrogens with zero attached hydrogens (tertiary/aromatic N) is 1. The molecule has 0 radical (unpaired) electrons. The summed E-state index contributed by atoms with van der Waals surface area (Å²) in [6, 6.07) is 8.49. The van der Waals surface area contributed by atoms with Gasteiger partial charge in [-0.05, 0) is 37.8 Å². The number of amides is 1. The fraction of sp³-hybridized carbons (Fsp3) is 0.611. The highest BCUT2D eigenvalue weighted by molar-refractivity contribution is 5.85. The minimum Gasteiger partial charge on any atom is -0.341 e. The van der Waals surface area contributed by atoms with Gasteiger partial charge < -0.3 is 10.2 Å². The van der Waals surface area contributed by atoms with Crippen LogP contribution in [0.25, 0.3) is 0 Å². The number of hydrogen-bond donors (Lipinski definition) is 1. The second-order valence-electron chi connectivity index (χ2n) is 6.88. The Morgan fingerprint density at radius 2 is 2.05 bits per heavy atom. The fourth-order valence-electron chi connectivity index (χ4n) is 4.09. The summed E-state index contributed by atoms with van der Waals surface area (Å²) in [5, 5.41) is 3.46. The summed E-state index contributed by atoms with van der Waals surface area (Å²) >= 11 is 0. The number of benzene rings is 1. The third-order valence-corrected chi connectivity index (χ3v) is 5.35. The molecular weight excluding hydrogens is 296 g/mol. The molecule has 1 saturated carbocycles. The molecule has 1 aliphatic heterocycles. The average Bonchev–Trinajstić information content (AvgIpc) is 2.93. The van der Waals surface area contributed by atoms with Crippen molar-refractivity contribution in [1.82, 2.24) is 10.2 Å². The third kappa shape index (κ3) is 3.16. The molecule has 0 aromatic heterocycles. The number of rotatable bonds is 3. The highest BCUT2D eigenvalue weighted by Gasteiger charge is 2.50. The molecule has 2 atom stereocenters. The van der Waals surface area contributed by atoms with E-state index >= 15 is 0 Å². The second kappa shape index (κ2) is 7.01. The van der Waals surface area contributed by atoms with Crippen molar-refractivity contribution in [2.24, 2.45) is 11.3 Å². The number of aryl methyl sites for hydroxylation is 1. The molecule has 1 saturated heterocycles. The first kappa shape index (κ1) is 17.3. The third-order valence-electron chi connectivity index (χ3n) is 5.35. The minimum absolute atomic E-state index is 0. The van der Waals surface area contributed by atoms with Crippen LogP contribution < -0.4 is 5.32 Å². The van der Waals surface area contributed by atoms with Crippen LogP contribution in [0.15, 0.2) is 24.3 Å². The minimum atomic E-state index is -0.127. The van der Waals surface area contributed by atoms with E-state index in [1.807, 2.05) is 11.9 Å². The maximum absolute atomic E-state index is 13.1. The lowest BCUT2D eigenvalue weighted by atomic mass is 9.67. The lowest BCUT2D eigenvalue weighted by molar-refractivity contribution is -0.144. The van der Waals surface area contributed by atoms with Crippen molar-refractivity contribution in [3.63, 3.8) is 0 Å². The predicted octanol–water partition coefficient (Wildman–Crippen LogP) is 3.16. The van der Waals surface area contributed by atoms with Gasteiger partial charge in [0.1, 0.15) is 0 Å². The van der Waals surface area contributed by atoms with Gasteiger partial charge in [-0.25, -0.2) is 0 Å². The van der Waals surface area contributed by atoms with Gasteiger partial charge in [0, 0.05) is 20.1 Å². The first-order valence-corrected chi connectivity index (χ1v) is 8.14. The van der Waals surface area contributed by atoms with Crippen molar-refractivity contribution in [2.45, 2.75) is 39.2 Å². The monoisotopic (exact) mass is 322 g/mol. The summed E-state index contributed by atoms with van der Waals surface area (Å²) in [4.78, 5) is 15.0. The van der Waals surface area contributed by atoms with E-state index in [2.05, 4.69) is 36.5 Å². The van der Waals surface area contributed by atoms with Crippen LogP contribution in [0.3, 0.4) is 0 Å². The molecule has 122 valence electrons. The van der Waals surface area contributed by atoms with Crippen molar-refractivity contribution in [3.8, 4) is 0 Å². The number of nitrogens with one attached hydrogen (secondary N) is 1. The molecule has 1 amide bonds. The molecule has 0 unspecified atom stereocenters. The predicted molar refractivity (Wildman–Crippen MR) is 92.2 cm³/mol. The van der Waals surface area contributed by atoms with Crippen molar-refractivity contribution in [1.29, 1.82) is 0 Å². The molecule has 3 nitrogen and oxygen atoms in total. The van der Waals surface area contributed by atoms with Crippen LogP contribution in [0.4, 0.5) is 0 Å². The number of carbonyl (C=O) groups is 1. The van der Waals surface area contributed by atoms with Crippen LogP contribution in [0.2, 0.25) is 0 Å². The van der Waals surface area contributed by atoms with E-state index in [4.69, 9.17) is 0 Å². The van der Waals surface area contributed by atoms with Crippen LogP contribution in [0, 0.1) is 18.3 Å². The molecule has 1 N–H and O–H groups in total. The van der Waals surface area contributed by atoms with Gasteiger partial charge in [-0.15, -0.1) is 12.4 Å². The highest BCUT2D eigenvalue weighted by atomic mass is 35.5. The molecule has 1 aromatic rings. The quantitative estimate of drug-likeness (QED) is 0.927. The molecule has 4 heteroatoms. The number of fused-ring (bicyclic) bond motifs is 1. The normalized spacial score (nSPS) is 26.9. The number of hydrogen-bond acceptors (Lipinski definition) is 2. The highest BCUT2D eigenvalue weighted by Crippen LogP contribution is 2.45. The van der Waals surface area contributed by atoms with E-state index in [0.717, 1.165) is 19.5 Å². The van der Waals surface area contributed by atoms with Gasteiger partial charge in [0.2, 0.25) is 5.91 Å². The standard InChI is InChI=1S/C18H26N2O.ClH/c1-14-6-8-15(9-7-14)12-20(2)17(21)18-10-4-3-5-16(18)11-19-13-18;/h6-9,16,19H,3-5,10-13H2,1-2H3;1H/t16-,18+;/m0./s1. The molecule has 2 aliphatic rings. The lowest BCUT2D eigenvalue weighted by Gasteiger charge is -2.39. The second-order valence-corrected chi connectivity index (χ2v) is 6.88. The molecule has 3 rings (SSSR count). The van der Waals surface area contributed by atoms with Crippen LogP contribution in [0.1, 0.15) is 36.8 Å². The Balaban J connectivity index is 0.00000176. The SMILES string of the molecule is Cc1ccc(CN(C)C(=O)[C@@]23CCCC[C@H]2CNC3)cc1.Cl. The molecule has 1 aromatic carbocycles. The summed E-state index contributed by atoms with van der Waals surface area (Å²) in [7, 11) is 1.96. The van der Waals surface area contributed by atoms with E-state index in [1.165, 1.54) is 30.4 Å². The van der Waals surface area contributed by atoms with Gasteiger partial charge in [0.05, 0.1) is 5.41 Å². The van der Waals surface area contributed by atoms with E-state index < -0.39 is 0 Å². The Hall–Kier alpha value is -1.06. The van der Waals surface area contributed by atoms with E-state index in [1.54, 1.807) is 0 Å². The summed E-state index contributed by atoms with van der Waals surface area (Å²) < 4.78 is 0. The van der Waals surface area contributed by atoms with Crippen molar-refractivity contribution < 1.29 is 4.79 Å². The number of halogens is 1. The van der Waals surface area contributed by atoms with Gasteiger partial charge in [0.25, 0.3) is 0 Å². The van der Waals surface area contributed by atoms with Crippen LogP contribution in [-0.2, 0) is 11.3 Å². The lowest BCUT2D eigenvalue weighted by Crippen LogP contribution is -2.48. The Morgan fingerprint density at radius 1 is 1.32 bits per heavy atom. The van der Waals surface area contributed by atoms with Gasteiger partial charge in [-0.2, -0.15) is 0 Å². The summed E-state index contributed by atoms with van der Waals surface area (Å²) in [5.74, 6) is 0.886. The zero-order valence-corrected chi connectivity index (χ0v) is 14.4. The smallest absolute Gasteiger partial charge is 0.230 e. The zero-order chi connectivity index (χ0) is 14.9. The van der Waals surface area contributed by atoms with Crippen LogP contribution in [-0.4, -0.2) is 30.9 Å². The molecule has 2 fully saturated rings. The zero-order valence-electron chi connectivity index (χ0n) is 13.6. The van der Waals surface area contributed by atoms with Crippen LogP contribution >= 0.6 is 12.4 Å². The van der Waals surface area contributed by atoms with Crippen molar-refractivity contribution in [2.75, 3.05) is 20.1 Å². The molecular formula is C18H27ClN2O. The summed E-state index contributed by atoms with van der Waals surface area (Å²) in [6.45, 7) is 4.70. The Morgan fingerprint density at radius 3 is 2.77 bits per heavy atom. The van der Waals surface area contributed by atoms with E-state index in [-0.39, 0.29) is 17.8 Å². The van der Waals surface area contributed by atoms with E-state index in [9.17, 15) is 4.79 Å². The van der Waals surface area contributed by atoms with Crippen LogP contribution in [0.5, 0.6) is 0 Å². The van der Waals surface area contributed by atoms with Gasteiger partial charge >= 0.3 is 0 Å². The molecule has 0 spiro atoms. The van der Waals surface area contributed by atoms with E-state index in [0.29, 0.717) is 18.4 Å². The van der Waals surface area contributed by atoms with Crippen molar-refractivity contribution in [3.05, 3.63) is 35.4 Å². The molecule has 1 aliphatic carbocycles. The maximum atomic E-state index is 13.1. The molecule has 0 bridgehead atoms. The Bertz CT molecular complexity index is 516. The largest absolute Gasteiger partial charge is 0.341 e. The molecule has 1 heterocycles. The summed E-state index contributed by atoms with van der Waals surface area (Å²) in [6.07, 6.45) is 4.74. The Kier molecular flexibility index (Phi) is 5.51. The van der Waals surface area contributed by atoms with Gasteiger partial charge in [0.15, 0.2) is 0 Å². The topological polar surface area (TPSA) is 32.3 Å². The number of carbonyl (C=O) groups excluding carboxylic acids is 1. The Labute approximate surface area is 139 Å². The maximum Gasteiger partial charge on any atom is 0.230 e. The van der Waals surface area contributed by atoms with Gasteiger partial charge in [-0.1, -0.05) is 42.7 Å². The first-order chi connectivity index (χ1) is 10.1. The van der Waals surface area contributed by atoms with Crippen molar-refractivity contribution >= 4 is 18.3 Å². The average molecular weight is 323 g/mol. The van der Waals surface area contributed by atoms with Gasteiger partial charge in [-0.3, -0.25) is 4.79 Å². The molecule has 22 heavy (non-hydrogen) atoms. The fourth-order valence-corrected chi connectivity index (χ4v) is 4.09.